The van der Waals surface area contributed by atoms with Gasteiger partial charge < -0.3 is 24.3 Å². The molecule has 0 aliphatic rings. The molecule has 5 aromatic rings. The number of halogens is 2. The van der Waals surface area contributed by atoms with Crippen molar-refractivity contribution >= 4 is 22.6 Å². The maximum Gasteiger partial charge on any atom is 0.269 e. The van der Waals surface area contributed by atoms with Gasteiger partial charge in [0.1, 0.15) is 29.3 Å². The predicted octanol–water partition coefficient (Wildman–Crippen LogP) is 4.84. The second-order valence-corrected chi connectivity index (χ2v) is 9.08. The van der Waals surface area contributed by atoms with Gasteiger partial charge in [-0.3, -0.25) is 19.1 Å². The number of hydrogen-bond acceptors (Lipinski definition) is 9. The molecule has 4 heterocycles. The first kappa shape index (κ1) is 29.1. The lowest BCUT2D eigenvalue weighted by Gasteiger charge is -2.14. The smallest absolute Gasteiger partial charge is 0.269 e. The van der Waals surface area contributed by atoms with E-state index in [0.29, 0.717) is 29.1 Å². The molecule has 0 saturated carbocycles. The first-order valence-electron chi connectivity index (χ1n) is 12.9. The van der Waals surface area contributed by atoms with E-state index in [-0.39, 0.29) is 41.1 Å². The van der Waals surface area contributed by atoms with Crippen molar-refractivity contribution in [2.24, 2.45) is 0 Å². The van der Waals surface area contributed by atoms with Gasteiger partial charge in [-0.1, -0.05) is 0 Å². The third kappa shape index (κ3) is 6.26. The molecule has 0 spiro atoms. The standard InChI is InChI=1S/C30H25F2N5O6/c1-17-4-7-20(30(39)37(17)26-9-5-18(31)16-34-26)28(38)35-19-6-8-23(21(32)14-19)43-24-10-11-33-22-15-25(42-13-12-40-2)29(41-3)36-27(22)24/h4-11,14-16H,12-13H2,1-3H3,(H,35,38). The summed E-state index contributed by atoms with van der Waals surface area (Å²) >= 11 is 0. The number of methoxy groups -OCH3 is 2. The van der Waals surface area contributed by atoms with E-state index >= 15 is 4.39 Å². The lowest BCUT2D eigenvalue weighted by molar-refractivity contribution is 0.102. The van der Waals surface area contributed by atoms with Gasteiger partial charge in [-0.2, -0.15) is 0 Å². The van der Waals surface area contributed by atoms with Crippen LogP contribution in [0.15, 0.2) is 71.8 Å². The molecule has 13 heteroatoms. The minimum atomic E-state index is -0.786. The quantitative estimate of drug-likeness (QED) is 0.228. The van der Waals surface area contributed by atoms with Gasteiger partial charge in [0.05, 0.1) is 25.4 Å². The number of carbonyl (C=O) groups excluding carboxylic acids is 1. The highest BCUT2D eigenvalue weighted by Crippen LogP contribution is 2.35. The first-order valence-corrected chi connectivity index (χ1v) is 12.9. The monoisotopic (exact) mass is 589 g/mol. The van der Waals surface area contributed by atoms with Crippen LogP contribution in [0.2, 0.25) is 0 Å². The maximum absolute atomic E-state index is 15.1. The molecule has 0 atom stereocenters. The zero-order valence-electron chi connectivity index (χ0n) is 23.3. The molecule has 43 heavy (non-hydrogen) atoms. The summed E-state index contributed by atoms with van der Waals surface area (Å²) in [4.78, 5) is 38.7. The van der Waals surface area contributed by atoms with Crippen molar-refractivity contribution in [3.63, 3.8) is 0 Å². The molecular formula is C30H25F2N5O6. The van der Waals surface area contributed by atoms with Gasteiger partial charge in [-0.05, 0) is 43.3 Å². The van der Waals surface area contributed by atoms with Gasteiger partial charge in [0, 0.05) is 42.9 Å². The van der Waals surface area contributed by atoms with E-state index in [1.54, 1.807) is 26.2 Å². The number of carbonyl (C=O) groups is 1. The van der Waals surface area contributed by atoms with Crippen molar-refractivity contribution in [3.8, 4) is 28.9 Å². The van der Waals surface area contributed by atoms with Crippen molar-refractivity contribution < 1.29 is 32.5 Å². The number of fused-ring (bicyclic) bond motifs is 1. The average molecular weight is 590 g/mol. The van der Waals surface area contributed by atoms with Gasteiger partial charge >= 0.3 is 0 Å². The predicted molar refractivity (Wildman–Crippen MR) is 152 cm³/mol. The van der Waals surface area contributed by atoms with Crippen molar-refractivity contribution in [1.29, 1.82) is 0 Å². The highest BCUT2D eigenvalue weighted by Gasteiger charge is 2.18. The zero-order valence-corrected chi connectivity index (χ0v) is 23.3. The van der Waals surface area contributed by atoms with Crippen LogP contribution in [0.1, 0.15) is 16.1 Å². The molecule has 0 bridgehead atoms. The Morgan fingerprint density at radius 1 is 0.953 bits per heavy atom. The molecule has 1 N–H and O–H groups in total. The largest absolute Gasteiger partial charge is 0.485 e. The summed E-state index contributed by atoms with van der Waals surface area (Å²) < 4.78 is 51.5. The Balaban J connectivity index is 1.37. The van der Waals surface area contributed by atoms with E-state index in [1.165, 1.54) is 48.2 Å². The molecular weight excluding hydrogens is 564 g/mol. The van der Waals surface area contributed by atoms with Crippen LogP contribution in [0.25, 0.3) is 16.9 Å². The van der Waals surface area contributed by atoms with E-state index in [1.807, 2.05) is 0 Å². The second kappa shape index (κ2) is 12.6. The minimum absolute atomic E-state index is 0.0820. The fraction of sp³-hybridized carbons (Fsp3) is 0.167. The molecule has 0 fully saturated rings. The van der Waals surface area contributed by atoms with Crippen molar-refractivity contribution in [1.82, 2.24) is 19.5 Å². The van der Waals surface area contributed by atoms with Crippen molar-refractivity contribution in [2.45, 2.75) is 6.92 Å². The molecule has 5 rings (SSSR count). The van der Waals surface area contributed by atoms with Gasteiger partial charge in [-0.15, -0.1) is 0 Å². The van der Waals surface area contributed by atoms with Crippen LogP contribution < -0.4 is 25.1 Å². The molecule has 0 saturated heterocycles. The lowest BCUT2D eigenvalue weighted by atomic mass is 10.2. The summed E-state index contributed by atoms with van der Waals surface area (Å²) in [6.07, 6.45) is 2.45. The molecule has 4 aromatic heterocycles. The molecule has 0 radical (unpaired) electrons. The van der Waals surface area contributed by atoms with E-state index in [2.05, 4.69) is 20.3 Å². The van der Waals surface area contributed by atoms with Crippen LogP contribution in [0.4, 0.5) is 14.5 Å². The summed E-state index contributed by atoms with van der Waals surface area (Å²) in [5, 5.41) is 2.52. The van der Waals surface area contributed by atoms with Crippen LogP contribution in [0.5, 0.6) is 23.1 Å². The second-order valence-electron chi connectivity index (χ2n) is 9.08. The molecule has 1 amide bonds. The number of pyridine rings is 4. The summed E-state index contributed by atoms with van der Waals surface area (Å²) in [6, 6.07) is 12.3. The van der Waals surface area contributed by atoms with Gasteiger partial charge in [-0.25, -0.2) is 18.7 Å². The number of ether oxygens (including phenoxy) is 4. The van der Waals surface area contributed by atoms with Crippen LogP contribution in [0, 0.1) is 18.6 Å². The molecule has 1 aromatic carbocycles. The number of rotatable bonds is 10. The van der Waals surface area contributed by atoms with Crippen molar-refractivity contribution in [3.05, 3.63) is 100 Å². The molecule has 0 aliphatic carbocycles. The Labute approximate surface area is 243 Å². The van der Waals surface area contributed by atoms with E-state index in [0.717, 1.165) is 18.3 Å². The topological polar surface area (TPSA) is 127 Å². The van der Waals surface area contributed by atoms with Gasteiger partial charge in [0.25, 0.3) is 17.3 Å². The summed E-state index contributed by atoms with van der Waals surface area (Å²) in [7, 11) is 2.99. The Morgan fingerprint density at radius 2 is 1.79 bits per heavy atom. The Hall–Kier alpha value is -5.43. The maximum atomic E-state index is 15.1. The fourth-order valence-corrected chi connectivity index (χ4v) is 4.15. The van der Waals surface area contributed by atoms with Gasteiger partial charge in [0.2, 0.25) is 0 Å². The highest BCUT2D eigenvalue weighted by molar-refractivity contribution is 6.04. The van der Waals surface area contributed by atoms with Crippen LogP contribution in [-0.2, 0) is 4.74 Å². The lowest BCUT2D eigenvalue weighted by Crippen LogP contribution is -2.29. The Morgan fingerprint density at radius 3 is 2.51 bits per heavy atom. The number of aromatic nitrogens is 4. The summed E-state index contributed by atoms with van der Waals surface area (Å²) in [5.41, 5.74) is 0.413. The Kier molecular flexibility index (Phi) is 8.53. The fourth-order valence-electron chi connectivity index (χ4n) is 4.15. The van der Waals surface area contributed by atoms with Gasteiger partial charge in [0.15, 0.2) is 23.1 Å². The summed E-state index contributed by atoms with van der Waals surface area (Å²) in [6.45, 7) is 2.29. The zero-order chi connectivity index (χ0) is 30.5. The highest BCUT2D eigenvalue weighted by atomic mass is 19.1. The van der Waals surface area contributed by atoms with E-state index < -0.39 is 23.1 Å². The first-order chi connectivity index (χ1) is 20.8. The molecule has 0 aliphatic heterocycles. The minimum Gasteiger partial charge on any atom is -0.485 e. The average Bonchev–Trinajstić information content (AvgIpc) is 2.99. The van der Waals surface area contributed by atoms with Crippen LogP contribution in [0.3, 0.4) is 0 Å². The van der Waals surface area contributed by atoms with Crippen LogP contribution in [-0.4, -0.2) is 52.9 Å². The number of amides is 1. The Bertz CT molecular complexity index is 1860. The number of hydrogen-bond donors (Lipinski definition) is 1. The SMILES string of the molecule is COCCOc1cc2nccc(Oc3ccc(NC(=O)c4ccc(C)n(-c5ccc(F)cn5)c4=O)cc3F)c2nc1OC. The molecule has 220 valence electrons. The normalized spacial score (nSPS) is 10.9. The molecule has 11 nitrogen and oxygen atoms in total. The van der Waals surface area contributed by atoms with Crippen LogP contribution >= 0.6 is 0 Å². The van der Waals surface area contributed by atoms with E-state index in [4.69, 9.17) is 18.9 Å². The number of nitrogens with zero attached hydrogens (tertiary/aromatic N) is 4. The third-order valence-corrected chi connectivity index (χ3v) is 6.22. The third-order valence-electron chi connectivity index (χ3n) is 6.22. The number of benzene rings is 1. The number of anilines is 1. The van der Waals surface area contributed by atoms with Crippen molar-refractivity contribution in [2.75, 3.05) is 32.8 Å². The van der Waals surface area contributed by atoms with E-state index in [9.17, 15) is 14.0 Å². The number of nitrogens with one attached hydrogen (secondary N) is 1. The molecule has 0 unspecified atom stereocenters. The number of aryl methyl sites for hydroxylation is 1. The summed E-state index contributed by atoms with van der Waals surface area (Å²) in [5.74, 6) is -1.37.